The second-order valence-corrected chi connectivity index (χ2v) is 10.3. The SMILES string of the molecule is CC[C@H]1CN(C2=NC(=O)/C(=C/c3ccc4c(cnn4Cc4ccc(C(F)(F)F)cc4C(F)(F)F)c3)S2)CCN1. The topological polar surface area (TPSA) is 62.5 Å². The first-order valence-corrected chi connectivity index (χ1v) is 13.0. The third-order valence-corrected chi connectivity index (χ3v) is 7.70. The number of amidine groups is 1. The largest absolute Gasteiger partial charge is 0.416 e. The highest BCUT2D eigenvalue weighted by atomic mass is 32.2. The van der Waals surface area contributed by atoms with E-state index in [4.69, 9.17) is 0 Å². The number of benzene rings is 2. The molecule has 6 nitrogen and oxygen atoms in total. The molecule has 0 bridgehead atoms. The molecular weight excluding hydrogens is 544 g/mol. The zero-order chi connectivity index (χ0) is 27.9. The summed E-state index contributed by atoms with van der Waals surface area (Å²) >= 11 is 1.30. The highest BCUT2D eigenvalue weighted by Gasteiger charge is 2.38. The number of carbonyl (C=O) groups excluding carboxylic acids is 1. The van der Waals surface area contributed by atoms with E-state index < -0.39 is 23.5 Å². The van der Waals surface area contributed by atoms with Crippen LogP contribution >= 0.6 is 11.8 Å². The van der Waals surface area contributed by atoms with Crippen LogP contribution in [0.4, 0.5) is 26.3 Å². The standard InChI is InChI=1S/C26H23F6N5OS/c1-2-19-14-36(8-7-33-19)24-35-23(38)22(39-24)10-15-3-6-21-17(9-15)12-34-37(21)13-16-4-5-18(25(27,28)29)11-20(16)26(30,31)32/h3-6,9-12,19,33H,2,7-8,13-14H2,1H3/b22-10-/t19-/m0/s1. The van der Waals surface area contributed by atoms with E-state index in [-0.39, 0.29) is 24.1 Å². The Hall–Kier alpha value is -3.32. The predicted molar refractivity (Wildman–Crippen MR) is 137 cm³/mol. The molecule has 0 radical (unpaired) electrons. The van der Waals surface area contributed by atoms with E-state index >= 15 is 0 Å². The molecule has 1 saturated heterocycles. The summed E-state index contributed by atoms with van der Waals surface area (Å²) < 4.78 is 81.0. The molecule has 3 heterocycles. The van der Waals surface area contributed by atoms with Gasteiger partial charge < -0.3 is 10.2 Å². The van der Waals surface area contributed by atoms with Gasteiger partial charge in [0.1, 0.15) is 0 Å². The number of piperazine rings is 1. The maximum Gasteiger partial charge on any atom is 0.416 e. The van der Waals surface area contributed by atoms with Gasteiger partial charge in [-0.25, -0.2) is 0 Å². The molecule has 2 aliphatic rings. The van der Waals surface area contributed by atoms with Crippen molar-refractivity contribution in [3.8, 4) is 0 Å². The van der Waals surface area contributed by atoms with Gasteiger partial charge in [-0.05, 0) is 59.7 Å². The molecule has 2 aliphatic heterocycles. The number of aliphatic imine (C=N–C) groups is 1. The van der Waals surface area contributed by atoms with E-state index in [1.165, 1.54) is 22.6 Å². The van der Waals surface area contributed by atoms with Crippen LogP contribution in [-0.2, 0) is 23.7 Å². The van der Waals surface area contributed by atoms with Crippen molar-refractivity contribution in [1.29, 1.82) is 0 Å². The summed E-state index contributed by atoms with van der Waals surface area (Å²) in [6.45, 7) is 4.05. The van der Waals surface area contributed by atoms with Crippen LogP contribution in [0.1, 0.15) is 35.6 Å². The minimum atomic E-state index is -4.96. The number of alkyl halides is 6. The van der Waals surface area contributed by atoms with Crippen molar-refractivity contribution in [2.45, 2.75) is 38.3 Å². The zero-order valence-electron chi connectivity index (χ0n) is 20.6. The number of rotatable bonds is 4. The fourth-order valence-electron chi connectivity index (χ4n) is 4.59. The molecule has 0 unspecified atom stereocenters. The second kappa shape index (κ2) is 10.3. The third-order valence-electron chi connectivity index (χ3n) is 6.65. The molecule has 1 amide bonds. The van der Waals surface area contributed by atoms with Gasteiger partial charge in [0.25, 0.3) is 5.91 Å². The van der Waals surface area contributed by atoms with Crippen LogP contribution in [0.2, 0.25) is 0 Å². The lowest BCUT2D eigenvalue weighted by Gasteiger charge is -2.33. The van der Waals surface area contributed by atoms with Crippen LogP contribution in [0.15, 0.2) is 52.5 Å². The van der Waals surface area contributed by atoms with Crippen LogP contribution in [0.25, 0.3) is 17.0 Å². The summed E-state index contributed by atoms with van der Waals surface area (Å²) in [5, 5.41) is 8.85. The van der Waals surface area contributed by atoms with Crippen LogP contribution in [0.3, 0.4) is 0 Å². The van der Waals surface area contributed by atoms with Gasteiger partial charge in [0.2, 0.25) is 0 Å². The average molecular weight is 568 g/mol. The maximum atomic E-state index is 13.6. The normalized spacial score (nSPS) is 19.8. The number of aromatic nitrogens is 2. The number of halogens is 6. The summed E-state index contributed by atoms with van der Waals surface area (Å²) in [4.78, 5) is 19.3. The summed E-state index contributed by atoms with van der Waals surface area (Å²) in [5.74, 6) is -0.334. The van der Waals surface area contributed by atoms with Gasteiger partial charge in [-0.2, -0.15) is 36.4 Å². The molecule has 0 aliphatic carbocycles. The van der Waals surface area contributed by atoms with E-state index in [1.807, 2.05) is 0 Å². The van der Waals surface area contributed by atoms with E-state index in [9.17, 15) is 31.1 Å². The Labute approximate surface area is 223 Å². The summed E-state index contributed by atoms with van der Waals surface area (Å²) in [6, 6.07) is 7.02. The molecule has 5 rings (SSSR count). The van der Waals surface area contributed by atoms with E-state index in [1.54, 1.807) is 24.3 Å². The fraction of sp³-hybridized carbons (Fsp3) is 0.346. The lowest BCUT2D eigenvalue weighted by atomic mass is 10.0. The molecule has 1 N–H and O–H groups in total. The number of nitrogens with zero attached hydrogens (tertiary/aromatic N) is 4. The molecule has 3 aromatic rings. The Morgan fingerprint density at radius 2 is 1.90 bits per heavy atom. The molecule has 0 spiro atoms. The van der Waals surface area contributed by atoms with Crippen molar-refractivity contribution in [1.82, 2.24) is 20.0 Å². The highest BCUT2D eigenvalue weighted by Crippen LogP contribution is 2.38. The van der Waals surface area contributed by atoms with E-state index in [0.717, 1.165) is 32.1 Å². The quantitative estimate of drug-likeness (QED) is 0.320. The van der Waals surface area contributed by atoms with Crippen LogP contribution in [0.5, 0.6) is 0 Å². The highest BCUT2D eigenvalue weighted by molar-refractivity contribution is 8.18. The summed E-state index contributed by atoms with van der Waals surface area (Å²) in [7, 11) is 0. The monoisotopic (exact) mass is 567 g/mol. The van der Waals surface area contributed by atoms with Crippen LogP contribution in [0, 0.1) is 0 Å². The van der Waals surface area contributed by atoms with Gasteiger partial charge in [-0.3, -0.25) is 9.48 Å². The van der Waals surface area contributed by atoms with Crippen molar-refractivity contribution in [2.75, 3.05) is 19.6 Å². The minimum absolute atomic E-state index is 0.126. The zero-order valence-corrected chi connectivity index (χ0v) is 21.4. The van der Waals surface area contributed by atoms with Crippen molar-refractivity contribution in [3.63, 3.8) is 0 Å². The Balaban J connectivity index is 1.36. The molecule has 1 atom stereocenters. The Morgan fingerprint density at radius 3 is 2.62 bits per heavy atom. The molecule has 206 valence electrons. The Morgan fingerprint density at radius 1 is 1.10 bits per heavy atom. The number of carbonyl (C=O) groups is 1. The minimum Gasteiger partial charge on any atom is -0.348 e. The maximum absolute atomic E-state index is 13.6. The lowest BCUT2D eigenvalue weighted by molar-refractivity contribution is -0.143. The number of nitrogens with one attached hydrogen (secondary N) is 1. The Kier molecular flexibility index (Phi) is 7.23. The smallest absolute Gasteiger partial charge is 0.348 e. The molecule has 39 heavy (non-hydrogen) atoms. The third kappa shape index (κ3) is 5.83. The van der Waals surface area contributed by atoms with Gasteiger partial charge in [-0.1, -0.05) is 19.1 Å². The number of thioether (sulfide) groups is 1. The first-order valence-electron chi connectivity index (χ1n) is 12.2. The van der Waals surface area contributed by atoms with Gasteiger partial charge >= 0.3 is 12.4 Å². The first kappa shape index (κ1) is 27.3. The van der Waals surface area contributed by atoms with Crippen molar-refractivity contribution in [3.05, 3.63) is 69.8 Å². The van der Waals surface area contributed by atoms with Gasteiger partial charge in [0.05, 0.1) is 34.3 Å². The fourth-order valence-corrected chi connectivity index (χ4v) is 5.54. The van der Waals surface area contributed by atoms with Crippen LogP contribution < -0.4 is 5.32 Å². The Bertz CT molecular complexity index is 1480. The number of hydrogen-bond acceptors (Lipinski definition) is 5. The predicted octanol–water partition coefficient (Wildman–Crippen LogP) is 5.78. The number of amides is 1. The lowest BCUT2D eigenvalue weighted by Crippen LogP contribution is -2.51. The van der Waals surface area contributed by atoms with E-state index in [0.29, 0.717) is 38.6 Å². The van der Waals surface area contributed by atoms with E-state index in [2.05, 4.69) is 27.2 Å². The van der Waals surface area contributed by atoms with Crippen LogP contribution in [-0.4, -0.2) is 51.4 Å². The molecular formula is C26H23F6N5OS. The molecule has 0 saturated carbocycles. The van der Waals surface area contributed by atoms with Gasteiger partial charge in [0.15, 0.2) is 5.17 Å². The van der Waals surface area contributed by atoms with Crippen molar-refractivity contribution < 1.29 is 31.1 Å². The second-order valence-electron chi connectivity index (χ2n) is 9.30. The molecule has 13 heteroatoms. The van der Waals surface area contributed by atoms with Crippen molar-refractivity contribution >= 4 is 39.8 Å². The molecule has 1 fully saturated rings. The number of hydrogen-bond donors (Lipinski definition) is 1. The average Bonchev–Trinajstić information content (AvgIpc) is 3.45. The first-order chi connectivity index (χ1) is 18.4. The molecule has 2 aromatic carbocycles. The molecule has 1 aromatic heterocycles. The summed E-state index contributed by atoms with van der Waals surface area (Å²) in [5.41, 5.74) is -1.87. The summed E-state index contributed by atoms with van der Waals surface area (Å²) in [6.07, 6.45) is -5.72. The van der Waals surface area contributed by atoms with Crippen molar-refractivity contribution in [2.24, 2.45) is 4.99 Å². The van der Waals surface area contributed by atoms with Gasteiger partial charge in [0, 0.05) is 31.1 Å². The van der Waals surface area contributed by atoms with Gasteiger partial charge in [-0.15, -0.1) is 0 Å². The number of fused-ring (bicyclic) bond motifs is 1.